The van der Waals surface area contributed by atoms with Gasteiger partial charge in [-0.2, -0.15) is 0 Å². The quantitative estimate of drug-likeness (QED) is 0.761. The number of carbonyl (C=O) groups is 1. The van der Waals surface area contributed by atoms with Crippen molar-refractivity contribution in [2.45, 2.75) is 46.6 Å². The van der Waals surface area contributed by atoms with Crippen LogP contribution in [0.1, 0.15) is 37.7 Å². The van der Waals surface area contributed by atoms with Crippen LogP contribution < -0.4 is 5.32 Å². The second-order valence-corrected chi connectivity index (χ2v) is 7.63. The highest BCUT2D eigenvalue weighted by atomic mass is 16.1. The molecule has 0 radical (unpaired) electrons. The smallest absolute Gasteiger partial charge is 0.244 e. The Bertz CT molecular complexity index is 932. The van der Waals surface area contributed by atoms with Crippen LogP contribution in [-0.2, 0) is 16.8 Å². The Balaban J connectivity index is 1.93. The van der Waals surface area contributed by atoms with E-state index in [0.717, 1.165) is 28.1 Å². The lowest BCUT2D eigenvalue weighted by Gasteiger charge is -2.20. The first kappa shape index (κ1) is 17.2. The second-order valence-electron chi connectivity index (χ2n) is 7.63. The molecule has 4 nitrogen and oxygen atoms in total. The highest BCUT2D eigenvalue weighted by Gasteiger charge is 2.24. The summed E-state index contributed by atoms with van der Waals surface area (Å²) in [4.78, 5) is 17.4. The topological polar surface area (TPSA) is 46.9 Å². The monoisotopic (exact) mass is 335 g/mol. The number of imidazole rings is 1. The Morgan fingerprint density at radius 1 is 1.12 bits per heavy atom. The molecule has 3 rings (SSSR count). The molecule has 1 N–H and O–H groups in total. The number of carbonyl (C=O) groups excluding carboxylic acids is 1. The molecule has 0 spiro atoms. The molecule has 0 atom stereocenters. The van der Waals surface area contributed by atoms with Crippen LogP contribution in [0, 0.1) is 13.8 Å². The standard InChI is InChI=1S/C21H25N3O/c1-14-10-11-16(15(2)12-14)22-19(25)13-24-18-9-7-6-8-17(18)23-20(24)21(3,4)5/h6-12H,13H2,1-5H3,(H,22,25). The number of fused-ring (bicyclic) bond motifs is 1. The van der Waals surface area contributed by atoms with E-state index >= 15 is 0 Å². The molecule has 0 unspecified atom stereocenters. The summed E-state index contributed by atoms with van der Waals surface area (Å²) in [6, 6.07) is 14.0. The fourth-order valence-electron chi connectivity index (χ4n) is 3.10. The summed E-state index contributed by atoms with van der Waals surface area (Å²) in [5.74, 6) is 0.880. The third-order valence-corrected chi connectivity index (χ3v) is 4.28. The number of hydrogen-bond donors (Lipinski definition) is 1. The Labute approximate surface area is 148 Å². The summed E-state index contributed by atoms with van der Waals surface area (Å²) in [6.07, 6.45) is 0. The molecule has 1 amide bonds. The molecule has 0 fully saturated rings. The SMILES string of the molecule is Cc1ccc(NC(=O)Cn2c(C(C)(C)C)nc3ccccc32)c(C)c1. The van der Waals surface area contributed by atoms with E-state index in [1.54, 1.807) is 0 Å². The van der Waals surface area contributed by atoms with Crippen molar-refractivity contribution in [3.63, 3.8) is 0 Å². The molecule has 0 aliphatic heterocycles. The van der Waals surface area contributed by atoms with Gasteiger partial charge in [0.2, 0.25) is 5.91 Å². The van der Waals surface area contributed by atoms with Gasteiger partial charge in [0.05, 0.1) is 11.0 Å². The molecule has 0 aliphatic carbocycles. The van der Waals surface area contributed by atoms with Crippen LogP contribution in [0.2, 0.25) is 0 Å². The van der Waals surface area contributed by atoms with Crippen LogP contribution in [0.4, 0.5) is 5.69 Å². The minimum absolute atomic E-state index is 0.0411. The molecular weight excluding hydrogens is 310 g/mol. The lowest BCUT2D eigenvalue weighted by molar-refractivity contribution is -0.116. The summed E-state index contributed by atoms with van der Waals surface area (Å²) in [7, 11) is 0. The summed E-state index contributed by atoms with van der Waals surface area (Å²) in [5.41, 5.74) is 4.89. The first-order chi connectivity index (χ1) is 11.8. The maximum Gasteiger partial charge on any atom is 0.244 e. The van der Waals surface area contributed by atoms with E-state index < -0.39 is 0 Å². The highest BCUT2D eigenvalue weighted by molar-refractivity contribution is 5.92. The normalized spacial score (nSPS) is 11.7. The molecule has 1 heterocycles. The van der Waals surface area contributed by atoms with Gasteiger partial charge in [-0.1, -0.05) is 50.6 Å². The lowest BCUT2D eigenvalue weighted by Crippen LogP contribution is -2.25. The molecule has 25 heavy (non-hydrogen) atoms. The van der Waals surface area contributed by atoms with E-state index in [4.69, 9.17) is 4.98 Å². The molecule has 0 saturated carbocycles. The molecule has 3 aromatic rings. The minimum atomic E-state index is -0.140. The highest BCUT2D eigenvalue weighted by Crippen LogP contribution is 2.26. The second kappa shape index (κ2) is 6.36. The van der Waals surface area contributed by atoms with Crippen molar-refractivity contribution in [3.05, 3.63) is 59.4 Å². The molecular formula is C21H25N3O. The molecule has 4 heteroatoms. The van der Waals surface area contributed by atoms with Crippen molar-refractivity contribution in [1.82, 2.24) is 9.55 Å². The number of aryl methyl sites for hydroxylation is 2. The number of benzene rings is 2. The third kappa shape index (κ3) is 3.58. The van der Waals surface area contributed by atoms with Crippen LogP contribution in [0.3, 0.4) is 0 Å². The largest absolute Gasteiger partial charge is 0.324 e. The summed E-state index contributed by atoms with van der Waals surface area (Å²) >= 11 is 0. The van der Waals surface area contributed by atoms with Gasteiger partial charge in [-0.15, -0.1) is 0 Å². The van der Waals surface area contributed by atoms with Gasteiger partial charge in [0.1, 0.15) is 12.4 Å². The van der Waals surface area contributed by atoms with Crippen LogP contribution in [-0.4, -0.2) is 15.5 Å². The van der Waals surface area contributed by atoms with E-state index in [0.29, 0.717) is 0 Å². The molecule has 130 valence electrons. The average Bonchev–Trinajstić information content (AvgIpc) is 2.89. The van der Waals surface area contributed by atoms with Gasteiger partial charge in [-0.3, -0.25) is 4.79 Å². The number of aromatic nitrogens is 2. The predicted octanol–water partition coefficient (Wildman–Crippen LogP) is 4.59. The van der Waals surface area contributed by atoms with Crippen LogP contribution in [0.5, 0.6) is 0 Å². The number of nitrogens with zero attached hydrogens (tertiary/aromatic N) is 2. The van der Waals surface area contributed by atoms with Gasteiger partial charge in [-0.25, -0.2) is 4.98 Å². The zero-order chi connectivity index (χ0) is 18.2. The van der Waals surface area contributed by atoms with Crippen molar-refractivity contribution in [2.24, 2.45) is 0 Å². The minimum Gasteiger partial charge on any atom is -0.324 e. The fraction of sp³-hybridized carbons (Fsp3) is 0.333. The first-order valence-corrected chi connectivity index (χ1v) is 8.58. The zero-order valence-electron chi connectivity index (χ0n) is 15.6. The average molecular weight is 335 g/mol. The number of hydrogen-bond acceptors (Lipinski definition) is 2. The van der Waals surface area contributed by atoms with E-state index in [9.17, 15) is 4.79 Å². The fourth-order valence-corrected chi connectivity index (χ4v) is 3.10. The first-order valence-electron chi connectivity index (χ1n) is 8.58. The molecule has 0 aliphatic rings. The van der Waals surface area contributed by atoms with Gasteiger partial charge in [-0.05, 0) is 37.6 Å². The maximum absolute atomic E-state index is 12.7. The summed E-state index contributed by atoms with van der Waals surface area (Å²) in [5, 5.41) is 3.03. The summed E-state index contributed by atoms with van der Waals surface area (Å²) in [6.45, 7) is 10.7. The number of rotatable bonds is 3. The van der Waals surface area contributed by atoms with Crippen molar-refractivity contribution in [2.75, 3.05) is 5.32 Å². The number of nitrogens with one attached hydrogen (secondary N) is 1. The number of amides is 1. The van der Waals surface area contributed by atoms with Gasteiger partial charge in [0.15, 0.2) is 0 Å². The molecule has 0 saturated heterocycles. The van der Waals surface area contributed by atoms with Gasteiger partial charge >= 0.3 is 0 Å². The Hall–Kier alpha value is -2.62. The van der Waals surface area contributed by atoms with Crippen LogP contribution >= 0.6 is 0 Å². The number of para-hydroxylation sites is 2. The Morgan fingerprint density at radius 2 is 1.84 bits per heavy atom. The molecule has 2 aromatic carbocycles. The summed E-state index contributed by atoms with van der Waals surface area (Å²) < 4.78 is 2.02. The van der Waals surface area contributed by atoms with Crippen molar-refractivity contribution >= 4 is 22.6 Å². The lowest BCUT2D eigenvalue weighted by atomic mass is 9.95. The van der Waals surface area contributed by atoms with E-state index in [1.807, 2.05) is 54.8 Å². The van der Waals surface area contributed by atoms with Crippen molar-refractivity contribution in [3.8, 4) is 0 Å². The van der Waals surface area contributed by atoms with Crippen LogP contribution in [0.25, 0.3) is 11.0 Å². The van der Waals surface area contributed by atoms with Gasteiger partial charge < -0.3 is 9.88 Å². The Morgan fingerprint density at radius 3 is 2.52 bits per heavy atom. The van der Waals surface area contributed by atoms with Crippen molar-refractivity contribution < 1.29 is 4.79 Å². The van der Waals surface area contributed by atoms with Crippen LogP contribution in [0.15, 0.2) is 42.5 Å². The van der Waals surface area contributed by atoms with E-state index in [1.165, 1.54) is 5.56 Å². The van der Waals surface area contributed by atoms with Gasteiger partial charge in [0, 0.05) is 11.1 Å². The van der Waals surface area contributed by atoms with E-state index in [-0.39, 0.29) is 17.9 Å². The molecule has 1 aromatic heterocycles. The third-order valence-electron chi connectivity index (χ3n) is 4.28. The van der Waals surface area contributed by atoms with Crippen molar-refractivity contribution in [1.29, 1.82) is 0 Å². The van der Waals surface area contributed by atoms with E-state index in [2.05, 4.69) is 32.2 Å². The van der Waals surface area contributed by atoms with Gasteiger partial charge in [0.25, 0.3) is 0 Å². The Kier molecular flexibility index (Phi) is 4.38. The maximum atomic E-state index is 12.7. The zero-order valence-corrected chi connectivity index (χ0v) is 15.6. The predicted molar refractivity (Wildman–Crippen MR) is 103 cm³/mol. The number of anilines is 1. The molecule has 0 bridgehead atoms.